The van der Waals surface area contributed by atoms with Crippen LogP contribution >= 0.6 is 0 Å². The molecule has 0 bridgehead atoms. The van der Waals surface area contributed by atoms with Crippen LogP contribution in [-0.2, 0) is 6.54 Å². The molecule has 2 rings (SSSR count). The number of unbranched alkanes of at least 4 members (excludes halogenated alkanes) is 2. The van der Waals surface area contributed by atoms with E-state index in [0.29, 0.717) is 6.61 Å². The molecule has 0 atom stereocenters. The lowest BCUT2D eigenvalue weighted by atomic mass is 10.2. The second-order valence-electron chi connectivity index (χ2n) is 5.42. The fraction of sp³-hybridized carbons (Fsp3) is 0.647. The molecule has 1 aromatic rings. The molecule has 0 aromatic heterocycles. The third kappa shape index (κ3) is 5.04. The second-order valence-corrected chi connectivity index (χ2v) is 5.42. The van der Waals surface area contributed by atoms with Crippen LogP contribution < -0.4 is 14.8 Å². The fourth-order valence-electron chi connectivity index (χ4n) is 2.13. The van der Waals surface area contributed by atoms with Crippen LogP contribution in [0.1, 0.15) is 51.5 Å². The van der Waals surface area contributed by atoms with Gasteiger partial charge in [-0.05, 0) is 43.9 Å². The SMILES string of the molecule is CCCCCOc1ccc(CNC2CC2)cc1OCC. The Hall–Kier alpha value is -1.22. The van der Waals surface area contributed by atoms with Gasteiger partial charge >= 0.3 is 0 Å². The van der Waals surface area contributed by atoms with E-state index in [4.69, 9.17) is 9.47 Å². The monoisotopic (exact) mass is 277 g/mol. The van der Waals surface area contributed by atoms with Crippen molar-refractivity contribution in [2.75, 3.05) is 13.2 Å². The van der Waals surface area contributed by atoms with Gasteiger partial charge in [-0.2, -0.15) is 0 Å². The first kappa shape index (κ1) is 15.2. The van der Waals surface area contributed by atoms with Crippen molar-refractivity contribution in [3.8, 4) is 11.5 Å². The van der Waals surface area contributed by atoms with Crippen molar-refractivity contribution in [1.82, 2.24) is 5.32 Å². The van der Waals surface area contributed by atoms with Crippen LogP contribution in [0.3, 0.4) is 0 Å². The van der Waals surface area contributed by atoms with Crippen molar-refractivity contribution in [1.29, 1.82) is 0 Å². The van der Waals surface area contributed by atoms with Crippen molar-refractivity contribution in [3.63, 3.8) is 0 Å². The molecule has 0 spiro atoms. The van der Waals surface area contributed by atoms with Gasteiger partial charge in [0, 0.05) is 12.6 Å². The van der Waals surface area contributed by atoms with Crippen LogP contribution in [0.2, 0.25) is 0 Å². The molecule has 3 nitrogen and oxygen atoms in total. The van der Waals surface area contributed by atoms with E-state index in [9.17, 15) is 0 Å². The molecule has 1 aliphatic rings. The van der Waals surface area contributed by atoms with Gasteiger partial charge in [0.2, 0.25) is 0 Å². The first-order valence-corrected chi connectivity index (χ1v) is 7.95. The smallest absolute Gasteiger partial charge is 0.161 e. The molecule has 1 N–H and O–H groups in total. The molecule has 0 radical (unpaired) electrons. The van der Waals surface area contributed by atoms with E-state index >= 15 is 0 Å². The normalized spacial score (nSPS) is 14.3. The Kier molecular flexibility index (Phi) is 6.19. The van der Waals surface area contributed by atoms with Crippen molar-refractivity contribution < 1.29 is 9.47 Å². The lowest BCUT2D eigenvalue weighted by Gasteiger charge is -2.13. The lowest BCUT2D eigenvalue weighted by molar-refractivity contribution is 0.271. The zero-order chi connectivity index (χ0) is 14.2. The minimum atomic E-state index is 0.671. The highest BCUT2D eigenvalue weighted by Gasteiger charge is 2.20. The van der Waals surface area contributed by atoms with Gasteiger partial charge < -0.3 is 14.8 Å². The summed E-state index contributed by atoms with van der Waals surface area (Å²) in [4.78, 5) is 0. The first-order valence-electron chi connectivity index (χ1n) is 7.95. The summed E-state index contributed by atoms with van der Waals surface area (Å²) in [5, 5.41) is 3.53. The fourth-order valence-corrected chi connectivity index (χ4v) is 2.13. The standard InChI is InChI=1S/C17H27NO2/c1-3-5-6-11-20-16-10-7-14(12-17(16)19-4-2)13-18-15-8-9-15/h7,10,12,15,18H,3-6,8-9,11,13H2,1-2H3. The number of hydrogen-bond acceptors (Lipinski definition) is 3. The second kappa shape index (κ2) is 8.15. The molecule has 3 heteroatoms. The third-order valence-corrected chi connectivity index (χ3v) is 3.49. The Labute approximate surface area is 122 Å². The molecule has 20 heavy (non-hydrogen) atoms. The van der Waals surface area contributed by atoms with Gasteiger partial charge in [-0.3, -0.25) is 0 Å². The molecular formula is C17H27NO2. The van der Waals surface area contributed by atoms with E-state index in [0.717, 1.165) is 37.1 Å². The molecule has 0 aliphatic heterocycles. The van der Waals surface area contributed by atoms with E-state index < -0.39 is 0 Å². The van der Waals surface area contributed by atoms with Crippen LogP contribution in [0, 0.1) is 0 Å². The summed E-state index contributed by atoms with van der Waals surface area (Å²) in [7, 11) is 0. The minimum absolute atomic E-state index is 0.671. The summed E-state index contributed by atoms with van der Waals surface area (Å²) < 4.78 is 11.5. The van der Waals surface area contributed by atoms with Crippen LogP contribution in [-0.4, -0.2) is 19.3 Å². The zero-order valence-corrected chi connectivity index (χ0v) is 12.8. The number of rotatable bonds is 10. The van der Waals surface area contributed by atoms with Crippen LogP contribution in [0.25, 0.3) is 0 Å². The number of benzene rings is 1. The van der Waals surface area contributed by atoms with E-state index in [1.165, 1.54) is 31.2 Å². The average Bonchev–Trinajstić information content (AvgIpc) is 3.27. The average molecular weight is 277 g/mol. The number of ether oxygens (including phenoxy) is 2. The van der Waals surface area contributed by atoms with Crippen LogP contribution in [0.4, 0.5) is 0 Å². The van der Waals surface area contributed by atoms with E-state index in [-0.39, 0.29) is 0 Å². The summed E-state index contributed by atoms with van der Waals surface area (Å²) in [6.45, 7) is 6.57. The highest BCUT2D eigenvalue weighted by molar-refractivity contribution is 5.43. The Morgan fingerprint density at radius 2 is 1.95 bits per heavy atom. The van der Waals surface area contributed by atoms with Gasteiger partial charge in [0.05, 0.1) is 13.2 Å². The van der Waals surface area contributed by atoms with E-state index in [1.807, 2.05) is 13.0 Å². The molecule has 0 unspecified atom stereocenters. The highest BCUT2D eigenvalue weighted by atomic mass is 16.5. The number of hydrogen-bond donors (Lipinski definition) is 1. The van der Waals surface area contributed by atoms with Gasteiger partial charge in [0.1, 0.15) is 0 Å². The van der Waals surface area contributed by atoms with E-state index in [1.54, 1.807) is 0 Å². The summed E-state index contributed by atoms with van der Waals surface area (Å²) >= 11 is 0. The zero-order valence-electron chi connectivity index (χ0n) is 12.8. The van der Waals surface area contributed by atoms with Crippen molar-refractivity contribution in [2.45, 2.75) is 58.5 Å². The summed E-state index contributed by atoms with van der Waals surface area (Å²) in [5.74, 6) is 1.75. The predicted molar refractivity (Wildman–Crippen MR) is 82.5 cm³/mol. The first-order chi connectivity index (χ1) is 9.83. The molecule has 1 fully saturated rings. The summed E-state index contributed by atoms with van der Waals surface area (Å²) in [6, 6.07) is 7.01. The highest BCUT2D eigenvalue weighted by Crippen LogP contribution is 2.29. The van der Waals surface area contributed by atoms with Gasteiger partial charge in [0.15, 0.2) is 11.5 Å². The Bertz CT molecular complexity index is 402. The largest absolute Gasteiger partial charge is 0.490 e. The van der Waals surface area contributed by atoms with Gasteiger partial charge in [-0.25, -0.2) is 0 Å². The minimum Gasteiger partial charge on any atom is -0.490 e. The molecule has 1 aliphatic carbocycles. The Balaban J connectivity index is 1.90. The molecule has 0 heterocycles. The van der Waals surface area contributed by atoms with Gasteiger partial charge in [0.25, 0.3) is 0 Å². The van der Waals surface area contributed by atoms with Gasteiger partial charge in [-0.1, -0.05) is 25.8 Å². The van der Waals surface area contributed by atoms with Gasteiger partial charge in [-0.15, -0.1) is 0 Å². The lowest BCUT2D eigenvalue weighted by Crippen LogP contribution is -2.15. The number of nitrogens with one attached hydrogen (secondary N) is 1. The van der Waals surface area contributed by atoms with E-state index in [2.05, 4.69) is 24.4 Å². The molecule has 112 valence electrons. The molecule has 0 saturated heterocycles. The third-order valence-electron chi connectivity index (χ3n) is 3.49. The van der Waals surface area contributed by atoms with Crippen molar-refractivity contribution in [3.05, 3.63) is 23.8 Å². The Morgan fingerprint density at radius 1 is 1.10 bits per heavy atom. The van der Waals surface area contributed by atoms with Crippen molar-refractivity contribution >= 4 is 0 Å². The summed E-state index contributed by atoms with van der Waals surface area (Å²) in [5.41, 5.74) is 1.27. The maximum atomic E-state index is 5.84. The van der Waals surface area contributed by atoms with Crippen LogP contribution in [0.15, 0.2) is 18.2 Å². The molecular weight excluding hydrogens is 250 g/mol. The van der Waals surface area contributed by atoms with Crippen molar-refractivity contribution in [2.24, 2.45) is 0 Å². The molecule has 1 aromatic carbocycles. The summed E-state index contributed by atoms with van der Waals surface area (Å²) in [6.07, 6.45) is 6.17. The van der Waals surface area contributed by atoms with Crippen LogP contribution in [0.5, 0.6) is 11.5 Å². The maximum absolute atomic E-state index is 5.84. The topological polar surface area (TPSA) is 30.5 Å². The predicted octanol–water partition coefficient (Wildman–Crippen LogP) is 3.91. The maximum Gasteiger partial charge on any atom is 0.161 e. The molecule has 0 amide bonds. The Morgan fingerprint density at radius 3 is 2.65 bits per heavy atom. The molecule has 1 saturated carbocycles. The quantitative estimate of drug-likeness (QED) is 0.658.